The van der Waals surface area contributed by atoms with E-state index in [2.05, 4.69) is 21.9 Å². The zero-order chi connectivity index (χ0) is 20.4. The Morgan fingerprint density at radius 3 is 2.80 bits per heavy atom. The van der Waals surface area contributed by atoms with Gasteiger partial charge in [-0.05, 0) is 49.8 Å². The SMILES string of the molecule is COc1cc2c(cc1OC)N1C(=O)CC3OCC=C4CN(CCC2)[C@H]2CC1[C@@H]3[C@@H]4C2. The summed E-state index contributed by atoms with van der Waals surface area (Å²) in [6, 6.07) is 4.85. The van der Waals surface area contributed by atoms with E-state index in [1.807, 2.05) is 6.07 Å². The second kappa shape index (κ2) is 6.99. The molecule has 2 saturated heterocycles. The molecule has 3 bridgehead atoms. The fraction of sp³-hybridized carbons (Fsp3) is 0.625. The van der Waals surface area contributed by atoms with Gasteiger partial charge in [0.05, 0.1) is 39.0 Å². The first kappa shape index (κ1) is 18.7. The number of carbonyl (C=O) groups excluding carboxylic acids is 1. The number of amides is 1. The third-order valence-electron chi connectivity index (χ3n) is 8.12. The number of hydrogen-bond acceptors (Lipinski definition) is 5. The summed E-state index contributed by atoms with van der Waals surface area (Å²) in [6.07, 6.45) is 7.09. The van der Waals surface area contributed by atoms with Crippen LogP contribution < -0.4 is 14.4 Å². The molecule has 1 aromatic carbocycles. The van der Waals surface area contributed by atoms with Crippen LogP contribution in [0.3, 0.4) is 0 Å². The second-order valence-corrected chi connectivity index (χ2v) is 9.41. The summed E-state index contributed by atoms with van der Waals surface area (Å²) in [7, 11) is 3.34. The Labute approximate surface area is 177 Å². The maximum atomic E-state index is 13.5. The smallest absolute Gasteiger partial charge is 0.229 e. The van der Waals surface area contributed by atoms with Crippen LogP contribution in [-0.2, 0) is 16.0 Å². The predicted octanol–water partition coefficient (Wildman–Crippen LogP) is 2.79. The number of methoxy groups -OCH3 is 2. The van der Waals surface area contributed by atoms with Gasteiger partial charge in [-0.15, -0.1) is 0 Å². The lowest BCUT2D eigenvalue weighted by Gasteiger charge is -2.57. The summed E-state index contributed by atoms with van der Waals surface area (Å²) in [5.41, 5.74) is 3.75. The molecule has 3 fully saturated rings. The Kier molecular flexibility index (Phi) is 4.36. The molecular formula is C24H30N2O4. The Morgan fingerprint density at radius 1 is 1.13 bits per heavy atom. The third-order valence-corrected chi connectivity index (χ3v) is 8.12. The molecule has 6 nitrogen and oxygen atoms in total. The van der Waals surface area contributed by atoms with E-state index in [-0.39, 0.29) is 18.1 Å². The van der Waals surface area contributed by atoms with E-state index in [0.717, 1.165) is 43.8 Å². The van der Waals surface area contributed by atoms with E-state index < -0.39 is 0 Å². The van der Waals surface area contributed by atoms with Gasteiger partial charge in [0, 0.05) is 30.6 Å². The van der Waals surface area contributed by atoms with Crippen molar-refractivity contribution in [1.29, 1.82) is 0 Å². The number of benzene rings is 1. The van der Waals surface area contributed by atoms with E-state index in [9.17, 15) is 4.79 Å². The van der Waals surface area contributed by atoms with Crippen molar-refractivity contribution in [1.82, 2.24) is 4.90 Å². The summed E-state index contributed by atoms with van der Waals surface area (Å²) >= 11 is 0. The molecule has 1 amide bonds. The van der Waals surface area contributed by atoms with Gasteiger partial charge >= 0.3 is 0 Å². The van der Waals surface area contributed by atoms with E-state index in [0.29, 0.717) is 36.7 Å². The van der Waals surface area contributed by atoms with E-state index >= 15 is 0 Å². The van der Waals surface area contributed by atoms with Crippen LogP contribution in [0.25, 0.3) is 0 Å². The average Bonchev–Trinajstić information content (AvgIpc) is 2.94. The van der Waals surface area contributed by atoms with Gasteiger partial charge in [-0.1, -0.05) is 11.6 Å². The molecule has 4 aliphatic heterocycles. The predicted molar refractivity (Wildman–Crippen MR) is 113 cm³/mol. The summed E-state index contributed by atoms with van der Waals surface area (Å²) in [5.74, 6) is 2.54. The topological polar surface area (TPSA) is 51.2 Å². The molecule has 6 rings (SSSR count). The highest BCUT2D eigenvalue weighted by Gasteiger charge is 2.55. The van der Waals surface area contributed by atoms with Crippen molar-refractivity contribution in [2.45, 2.75) is 50.3 Å². The molecule has 6 heteroatoms. The van der Waals surface area contributed by atoms with Crippen molar-refractivity contribution in [3.05, 3.63) is 29.3 Å². The fourth-order valence-corrected chi connectivity index (χ4v) is 6.85. The first-order valence-electron chi connectivity index (χ1n) is 11.3. The molecule has 1 aromatic rings. The Hall–Kier alpha value is -2.05. The molecule has 2 unspecified atom stereocenters. The van der Waals surface area contributed by atoms with Crippen LogP contribution in [0.1, 0.15) is 31.2 Å². The Bertz CT molecular complexity index is 913. The van der Waals surface area contributed by atoms with E-state index in [1.165, 1.54) is 12.0 Å². The molecule has 0 N–H and O–H groups in total. The van der Waals surface area contributed by atoms with Crippen molar-refractivity contribution in [2.75, 3.05) is 38.8 Å². The Morgan fingerprint density at radius 2 is 1.97 bits per heavy atom. The summed E-state index contributed by atoms with van der Waals surface area (Å²) in [6.45, 7) is 2.81. The molecule has 0 aromatic heterocycles. The van der Waals surface area contributed by atoms with Gasteiger partial charge in [0.25, 0.3) is 0 Å². The van der Waals surface area contributed by atoms with Gasteiger partial charge in [0.15, 0.2) is 11.5 Å². The lowest BCUT2D eigenvalue weighted by Crippen LogP contribution is -2.64. The molecule has 160 valence electrons. The number of ether oxygens (including phenoxy) is 3. The molecule has 30 heavy (non-hydrogen) atoms. The number of piperidine rings is 2. The average molecular weight is 411 g/mol. The van der Waals surface area contributed by atoms with Crippen molar-refractivity contribution >= 4 is 11.6 Å². The number of rotatable bonds is 2. The minimum absolute atomic E-state index is 0.0385. The number of fused-ring (bicyclic) bond motifs is 2. The monoisotopic (exact) mass is 410 g/mol. The molecular weight excluding hydrogens is 380 g/mol. The highest BCUT2D eigenvalue weighted by Crippen LogP contribution is 2.51. The standard InChI is InChI=1S/C24H30N2O4/c1-28-20-8-14-4-3-6-25-13-15-5-7-30-22-12-23(27)26(18(14)11-21(20)29-2)19-10-16(25)9-17(15)24(19)22/h5,8,11,16-17,19,22,24H,3-4,6-7,9-10,12-13H2,1-2H3/t16-,17-,19?,22?,24+/m1/s1. The summed E-state index contributed by atoms with van der Waals surface area (Å²) < 4.78 is 17.5. The van der Waals surface area contributed by atoms with Gasteiger partial charge in [-0.25, -0.2) is 0 Å². The summed E-state index contributed by atoms with van der Waals surface area (Å²) in [4.78, 5) is 18.3. The van der Waals surface area contributed by atoms with Crippen LogP contribution >= 0.6 is 0 Å². The van der Waals surface area contributed by atoms with Crippen molar-refractivity contribution in [3.8, 4) is 11.5 Å². The van der Waals surface area contributed by atoms with Crippen molar-refractivity contribution in [3.63, 3.8) is 0 Å². The number of hydrogen-bond donors (Lipinski definition) is 0. The zero-order valence-electron chi connectivity index (χ0n) is 17.8. The van der Waals surface area contributed by atoms with Crippen LogP contribution in [-0.4, -0.2) is 62.9 Å². The molecule has 5 atom stereocenters. The van der Waals surface area contributed by atoms with Gasteiger partial charge in [0.1, 0.15) is 0 Å². The maximum absolute atomic E-state index is 13.5. The second-order valence-electron chi connectivity index (χ2n) is 9.41. The third kappa shape index (κ3) is 2.66. The van der Waals surface area contributed by atoms with Gasteiger partial charge in [-0.2, -0.15) is 0 Å². The first-order valence-corrected chi connectivity index (χ1v) is 11.3. The van der Waals surface area contributed by atoms with Crippen molar-refractivity contribution < 1.29 is 19.0 Å². The normalized spacial score (nSPS) is 34.9. The summed E-state index contributed by atoms with van der Waals surface area (Å²) in [5, 5.41) is 0. The first-order chi connectivity index (χ1) is 14.7. The van der Waals surface area contributed by atoms with Gasteiger partial charge in [-0.3, -0.25) is 9.69 Å². The van der Waals surface area contributed by atoms with Crippen molar-refractivity contribution in [2.24, 2.45) is 11.8 Å². The molecule has 1 aliphatic carbocycles. The molecule has 0 radical (unpaired) electrons. The largest absolute Gasteiger partial charge is 0.493 e. The minimum atomic E-state index is 0.0385. The van der Waals surface area contributed by atoms with E-state index in [1.54, 1.807) is 19.8 Å². The molecule has 1 saturated carbocycles. The van der Waals surface area contributed by atoms with Gasteiger partial charge < -0.3 is 19.1 Å². The Balaban J connectivity index is 1.53. The lowest BCUT2D eigenvalue weighted by atomic mass is 9.63. The molecule has 4 heterocycles. The van der Waals surface area contributed by atoms with Crippen LogP contribution in [0.15, 0.2) is 23.8 Å². The van der Waals surface area contributed by atoms with Crippen LogP contribution in [0.5, 0.6) is 11.5 Å². The van der Waals surface area contributed by atoms with Crippen LogP contribution in [0.4, 0.5) is 5.69 Å². The quantitative estimate of drug-likeness (QED) is 0.702. The number of anilines is 1. The molecule has 0 spiro atoms. The van der Waals surface area contributed by atoms with Gasteiger partial charge in [0.2, 0.25) is 5.91 Å². The minimum Gasteiger partial charge on any atom is -0.493 e. The number of aryl methyl sites for hydroxylation is 1. The highest BCUT2D eigenvalue weighted by atomic mass is 16.5. The molecule has 5 aliphatic rings. The van der Waals surface area contributed by atoms with E-state index in [4.69, 9.17) is 14.2 Å². The number of nitrogens with zero attached hydrogens (tertiary/aromatic N) is 2. The van der Waals surface area contributed by atoms with Crippen LogP contribution in [0, 0.1) is 11.8 Å². The maximum Gasteiger partial charge on any atom is 0.229 e. The lowest BCUT2D eigenvalue weighted by molar-refractivity contribution is -0.131. The fourth-order valence-electron chi connectivity index (χ4n) is 6.85. The zero-order valence-corrected chi connectivity index (χ0v) is 17.8. The number of carbonyl (C=O) groups is 1. The highest BCUT2D eigenvalue weighted by molar-refractivity contribution is 5.96. The van der Waals surface area contributed by atoms with Crippen LogP contribution in [0.2, 0.25) is 0 Å².